The highest BCUT2D eigenvalue weighted by atomic mass is 79.9. The maximum atomic E-state index is 5.64. The lowest BCUT2D eigenvalue weighted by Crippen LogP contribution is -2.02. The van der Waals surface area contributed by atoms with Crippen molar-refractivity contribution in [2.75, 3.05) is 6.54 Å². The Morgan fingerprint density at radius 2 is 2.31 bits per heavy atom. The first-order chi connectivity index (χ1) is 6.22. The maximum absolute atomic E-state index is 5.64. The minimum Gasteiger partial charge on any atom is -0.330 e. The molecule has 1 aliphatic carbocycles. The highest BCUT2D eigenvalue weighted by molar-refractivity contribution is 9.10. The molecule has 2 N–H and O–H groups in total. The van der Waals surface area contributed by atoms with E-state index in [9.17, 15) is 0 Å². The van der Waals surface area contributed by atoms with Gasteiger partial charge in [0.1, 0.15) is 0 Å². The second kappa shape index (κ2) is 3.43. The number of rotatable bonds is 2. The van der Waals surface area contributed by atoms with Crippen LogP contribution < -0.4 is 5.73 Å². The quantitative estimate of drug-likeness (QED) is 0.845. The van der Waals surface area contributed by atoms with Crippen molar-refractivity contribution >= 4 is 15.9 Å². The van der Waals surface area contributed by atoms with Crippen molar-refractivity contribution in [2.45, 2.75) is 19.3 Å². The molecule has 0 radical (unpaired) electrons. The van der Waals surface area contributed by atoms with Crippen LogP contribution >= 0.6 is 15.9 Å². The van der Waals surface area contributed by atoms with Gasteiger partial charge in [-0.05, 0) is 55.0 Å². The number of nitrogens with two attached hydrogens (primary N) is 1. The average molecular weight is 240 g/mol. The predicted molar refractivity (Wildman–Crippen MR) is 58.8 cm³/mol. The van der Waals surface area contributed by atoms with E-state index in [-0.39, 0.29) is 0 Å². The first-order valence-electron chi connectivity index (χ1n) is 4.68. The molecular weight excluding hydrogens is 226 g/mol. The molecule has 70 valence electrons. The van der Waals surface area contributed by atoms with E-state index < -0.39 is 0 Å². The van der Waals surface area contributed by atoms with Gasteiger partial charge in [0, 0.05) is 4.47 Å². The predicted octanol–water partition coefficient (Wildman–Crippen LogP) is 2.82. The van der Waals surface area contributed by atoms with E-state index in [2.05, 4.69) is 41.1 Å². The Balaban J connectivity index is 2.25. The average Bonchev–Trinajstić information content (AvgIpc) is 2.88. The Morgan fingerprint density at radius 3 is 2.92 bits per heavy atom. The molecule has 1 fully saturated rings. The number of halogens is 1. The largest absolute Gasteiger partial charge is 0.330 e. The van der Waals surface area contributed by atoms with Crippen LogP contribution in [0.3, 0.4) is 0 Å². The number of hydrogen-bond acceptors (Lipinski definition) is 1. The zero-order valence-electron chi connectivity index (χ0n) is 7.76. The van der Waals surface area contributed by atoms with Crippen molar-refractivity contribution in [3.8, 4) is 0 Å². The molecule has 1 saturated carbocycles. The molecule has 2 unspecified atom stereocenters. The minimum absolute atomic E-state index is 0.725. The molecule has 0 amide bonds. The van der Waals surface area contributed by atoms with Crippen molar-refractivity contribution in [3.05, 3.63) is 33.8 Å². The van der Waals surface area contributed by atoms with Gasteiger partial charge in [-0.25, -0.2) is 0 Å². The van der Waals surface area contributed by atoms with Crippen LogP contribution in [0.5, 0.6) is 0 Å². The first-order valence-corrected chi connectivity index (χ1v) is 5.48. The molecule has 0 spiro atoms. The van der Waals surface area contributed by atoms with Gasteiger partial charge in [-0.3, -0.25) is 0 Å². The van der Waals surface area contributed by atoms with Crippen molar-refractivity contribution in [3.63, 3.8) is 0 Å². The summed E-state index contributed by atoms with van der Waals surface area (Å²) in [5.41, 5.74) is 8.51. The molecule has 0 bridgehead atoms. The third-order valence-electron chi connectivity index (χ3n) is 2.87. The fourth-order valence-electron chi connectivity index (χ4n) is 1.90. The van der Waals surface area contributed by atoms with Crippen molar-refractivity contribution in [2.24, 2.45) is 11.7 Å². The smallest absolute Gasteiger partial charge is 0.0178 e. The summed E-state index contributed by atoms with van der Waals surface area (Å²) >= 11 is 3.50. The molecule has 0 aliphatic heterocycles. The molecular formula is C11H14BrN. The van der Waals surface area contributed by atoms with Crippen molar-refractivity contribution in [1.29, 1.82) is 0 Å². The Morgan fingerprint density at radius 1 is 1.54 bits per heavy atom. The van der Waals surface area contributed by atoms with Crippen LogP contribution in [0, 0.1) is 12.8 Å². The van der Waals surface area contributed by atoms with Crippen LogP contribution in [-0.2, 0) is 0 Å². The van der Waals surface area contributed by atoms with Crippen LogP contribution in [0.1, 0.15) is 23.5 Å². The second-order valence-electron chi connectivity index (χ2n) is 3.84. The van der Waals surface area contributed by atoms with Crippen molar-refractivity contribution in [1.82, 2.24) is 0 Å². The van der Waals surface area contributed by atoms with Crippen LogP contribution in [0.15, 0.2) is 22.7 Å². The molecule has 0 saturated heterocycles. The Hall–Kier alpha value is -0.340. The van der Waals surface area contributed by atoms with E-state index in [4.69, 9.17) is 5.73 Å². The van der Waals surface area contributed by atoms with E-state index in [1.165, 1.54) is 22.0 Å². The van der Waals surface area contributed by atoms with Gasteiger partial charge in [0.25, 0.3) is 0 Å². The lowest BCUT2D eigenvalue weighted by molar-refractivity contribution is 0.807. The van der Waals surface area contributed by atoms with Gasteiger partial charge in [0.05, 0.1) is 0 Å². The lowest BCUT2D eigenvalue weighted by atomic mass is 10.0. The number of aryl methyl sites for hydroxylation is 1. The lowest BCUT2D eigenvalue weighted by Gasteiger charge is -2.05. The topological polar surface area (TPSA) is 26.0 Å². The third-order valence-corrected chi connectivity index (χ3v) is 3.36. The molecule has 13 heavy (non-hydrogen) atoms. The van der Waals surface area contributed by atoms with Crippen LogP contribution in [-0.4, -0.2) is 6.54 Å². The van der Waals surface area contributed by atoms with Gasteiger partial charge in [0.2, 0.25) is 0 Å². The summed E-state index contributed by atoms with van der Waals surface area (Å²) < 4.78 is 1.18. The van der Waals surface area contributed by atoms with Gasteiger partial charge >= 0.3 is 0 Å². The SMILES string of the molecule is Cc1ccc(Br)cc1C1CC1CN. The zero-order chi connectivity index (χ0) is 9.42. The summed E-state index contributed by atoms with van der Waals surface area (Å²) in [5, 5.41) is 0. The molecule has 0 aromatic heterocycles. The number of hydrogen-bond donors (Lipinski definition) is 1. The summed E-state index contributed by atoms with van der Waals surface area (Å²) in [7, 11) is 0. The highest BCUT2D eigenvalue weighted by Gasteiger charge is 2.37. The highest BCUT2D eigenvalue weighted by Crippen LogP contribution is 2.48. The van der Waals surface area contributed by atoms with E-state index >= 15 is 0 Å². The van der Waals surface area contributed by atoms with E-state index in [0.29, 0.717) is 0 Å². The van der Waals surface area contributed by atoms with Gasteiger partial charge in [-0.15, -0.1) is 0 Å². The standard InChI is InChI=1S/C11H14BrN/c1-7-2-3-9(12)5-10(7)11-4-8(11)6-13/h2-3,5,8,11H,4,6,13H2,1H3. The van der Waals surface area contributed by atoms with Gasteiger partial charge in [-0.2, -0.15) is 0 Å². The Labute approximate surface area is 87.5 Å². The van der Waals surface area contributed by atoms with Crippen LogP contribution in [0.25, 0.3) is 0 Å². The fraction of sp³-hybridized carbons (Fsp3) is 0.455. The molecule has 2 atom stereocenters. The second-order valence-corrected chi connectivity index (χ2v) is 4.75. The summed E-state index contributed by atoms with van der Waals surface area (Å²) in [5.74, 6) is 1.45. The molecule has 2 rings (SSSR count). The van der Waals surface area contributed by atoms with E-state index in [1.807, 2.05) is 0 Å². The number of benzene rings is 1. The Kier molecular flexibility index (Phi) is 2.43. The summed E-state index contributed by atoms with van der Waals surface area (Å²) in [6.07, 6.45) is 1.27. The molecule has 2 heteroatoms. The first kappa shape index (κ1) is 9.22. The van der Waals surface area contributed by atoms with Gasteiger partial charge in [0.15, 0.2) is 0 Å². The van der Waals surface area contributed by atoms with Crippen LogP contribution in [0.4, 0.5) is 0 Å². The normalized spacial score (nSPS) is 26.1. The minimum atomic E-state index is 0.725. The Bertz CT molecular complexity index is 322. The van der Waals surface area contributed by atoms with Gasteiger partial charge < -0.3 is 5.73 Å². The fourth-order valence-corrected chi connectivity index (χ4v) is 2.28. The summed E-state index contributed by atoms with van der Waals surface area (Å²) in [6.45, 7) is 3.00. The molecule has 1 aliphatic rings. The zero-order valence-corrected chi connectivity index (χ0v) is 9.34. The molecule has 0 heterocycles. The van der Waals surface area contributed by atoms with E-state index in [0.717, 1.165) is 18.4 Å². The third kappa shape index (κ3) is 1.79. The van der Waals surface area contributed by atoms with Gasteiger partial charge in [-0.1, -0.05) is 22.0 Å². The molecule has 1 aromatic carbocycles. The monoisotopic (exact) mass is 239 g/mol. The van der Waals surface area contributed by atoms with Crippen molar-refractivity contribution < 1.29 is 0 Å². The van der Waals surface area contributed by atoms with E-state index in [1.54, 1.807) is 0 Å². The summed E-state index contributed by atoms with van der Waals surface area (Å²) in [6, 6.07) is 6.50. The van der Waals surface area contributed by atoms with Crippen LogP contribution in [0.2, 0.25) is 0 Å². The molecule has 1 nitrogen and oxygen atoms in total. The molecule has 1 aromatic rings. The maximum Gasteiger partial charge on any atom is 0.0178 e. The summed E-state index contributed by atoms with van der Waals surface area (Å²) in [4.78, 5) is 0.